The Bertz CT molecular complexity index is 1070. The summed E-state index contributed by atoms with van der Waals surface area (Å²) in [6.07, 6.45) is 0.686. The van der Waals surface area contributed by atoms with Crippen LogP contribution >= 0.6 is 0 Å². The molecule has 2 aromatic carbocycles. The molecule has 0 saturated carbocycles. The van der Waals surface area contributed by atoms with Crippen molar-refractivity contribution >= 4 is 17.7 Å². The highest BCUT2D eigenvalue weighted by Gasteiger charge is 2.37. The standard InChI is InChI=1S/C27H33N3O5/c1-19(31)28-11-13-29(14-12-28)27(33)23-15-22(20-7-5-4-6-8-20)17-30(18-23)26(32)21-9-10-24(34-2)25(16-21)35-3/h4-10,16,22-23H,11-15,17-18H2,1-3H3/t22-,23+/m1/s1. The lowest BCUT2D eigenvalue weighted by molar-refractivity contribution is -0.142. The minimum absolute atomic E-state index is 0.0330. The number of carbonyl (C=O) groups is 3. The Morgan fingerprint density at radius 1 is 0.800 bits per heavy atom. The van der Waals surface area contributed by atoms with Crippen molar-refractivity contribution in [1.82, 2.24) is 14.7 Å². The molecule has 2 atom stereocenters. The average Bonchev–Trinajstić information content (AvgIpc) is 2.92. The summed E-state index contributed by atoms with van der Waals surface area (Å²) in [5.41, 5.74) is 1.62. The molecule has 35 heavy (non-hydrogen) atoms. The number of piperazine rings is 1. The van der Waals surface area contributed by atoms with Gasteiger partial charge in [-0.15, -0.1) is 0 Å². The summed E-state index contributed by atoms with van der Waals surface area (Å²) in [5, 5.41) is 0. The van der Waals surface area contributed by atoms with Crippen LogP contribution in [-0.2, 0) is 9.59 Å². The van der Waals surface area contributed by atoms with Crippen molar-refractivity contribution in [2.24, 2.45) is 5.92 Å². The second-order valence-corrected chi connectivity index (χ2v) is 9.15. The molecule has 186 valence electrons. The summed E-state index contributed by atoms with van der Waals surface area (Å²) in [7, 11) is 3.10. The zero-order valence-electron chi connectivity index (χ0n) is 20.6. The lowest BCUT2D eigenvalue weighted by atomic mass is 9.83. The second kappa shape index (κ2) is 10.8. The molecule has 8 heteroatoms. The molecular formula is C27H33N3O5. The Labute approximate surface area is 206 Å². The molecule has 2 aromatic rings. The Balaban J connectivity index is 1.56. The topological polar surface area (TPSA) is 79.4 Å². The van der Waals surface area contributed by atoms with Crippen molar-refractivity contribution in [1.29, 1.82) is 0 Å². The maximum absolute atomic E-state index is 13.6. The van der Waals surface area contributed by atoms with Crippen LogP contribution in [0.1, 0.15) is 35.2 Å². The van der Waals surface area contributed by atoms with Gasteiger partial charge in [0.05, 0.1) is 20.1 Å². The van der Waals surface area contributed by atoms with E-state index in [0.29, 0.717) is 62.8 Å². The summed E-state index contributed by atoms with van der Waals surface area (Å²) in [5.74, 6) is 0.757. The maximum Gasteiger partial charge on any atom is 0.254 e. The summed E-state index contributed by atoms with van der Waals surface area (Å²) in [6.45, 7) is 4.60. The van der Waals surface area contributed by atoms with E-state index in [-0.39, 0.29) is 29.6 Å². The molecule has 2 fully saturated rings. The van der Waals surface area contributed by atoms with E-state index in [1.54, 1.807) is 49.1 Å². The highest BCUT2D eigenvalue weighted by atomic mass is 16.5. The Morgan fingerprint density at radius 3 is 2.09 bits per heavy atom. The van der Waals surface area contributed by atoms with Gasteiger partial charge in [0.2, 0.25) is 11.8 Å². The number of hydrogen-bond acceptors (Lipinski definition) is 5. The fraction of sp³-hybridized carbons (Fsp3) is 0.444. The van der Waals surface area contributed by atoms with Crippen molar-refractivity contribution < 1.29 is 23.9 Å². The minimum Gasteiger partial charge on any atom is -0.493 e. The van der Waals surface area contributed by atoms with Gasteiger partial charge in [-0.2, -0.15) is 0 Å². The Morgan fingerprint density at radius 2 is 1.46 bits per heavy atom. The number of ether oxygens (including phenoxy) is 2. The molecule has 0 aromatic heterocycles. The van der Waals surface area contributed by atoms with Crippen LogP contribution in [0, 0.1) is 5.92 Å². The fourth-order valence-corrected chi connectivity index (χ4v) is 5.06. The number of likely N-dealkylation sites (tertiary alicyclic amines) is 1. The molecule has 0 unspecified atom stereocenters. The highest BCUT2D eigenvalue weighted by Crippen LogP contribution is 2.34. The third kappa shape index (κ3) is 5.42. The van der Waals surface area contributed by atoms with E-state index in [2.05, 4.69) is 12.1 Å². The van der Waals surface area contributed by atoms with Gasteiger partial charge in [0.1, 0.15) is 0 Å². The minimum atomic E-state index is -0.304. The van der Waals surface area contributed by atoms with Crippen LogP contribution in [0.25, 0.3) is 0 Å². The van der Waals surface area contributed by atoms with Crippen LogP contribution in [0.5, 0.6) is 11.5 Å². The number of benzene rings is 2. The zero-order chi connectivity index (χ0) is 24.9. The molecule has 2 aliphatic rings. The molecule has 3 amide bonds. The number of rotatable bonds is 5. The Hall–Kier alpha value is -3.55. The average molecular weight is 480 g/mol. The van der Waals surface area contributed by atoms with Gasteiger partial charge in [-0.3, -0.25) is 14.4 Å². The monoisotopic (exact) mass is 479 g/mol. The van der Waals surface area contributed by atoms with Crippen molar-refractivity contribution in [3.05, 3.63) is 59.7 Å². The summed E-state index contributed by atoms with van der Waals surface area (Å²) in [6, 6.07) is 15.2. The van der Waals surface area contributed by atoms with Gasteiger partial charge in [0, 0.05) is 57.7 Å². The summed E-state index contributed by atoms with van der Waals surface area (Å²) >= 11 is 0. The molecule has 2 heterocycles. The van der Waals surface area contributed by atoms with Crippen molar-refractivity contribution in [2.75, 3.05) is 53.5 Å². The third-order valence-electron chi connectivity index (χ3n) is 7.03. The van der Waals surface area contributed by atoms with Crippen LogP contribution < -0.4 is 9.47 Å². The molecule has 0 bridgehead atoms. The van der Waals surface area contributed by atoms with Gasteiger partial charge < -0.3 is 24.2 Å². The smallest absolute Gasteiger partial charge is 0.254 e. The van der Waals surface area contributed by atoms with E-state index < -0.39 is 0 Å². The van der Waals surface area contributed by atoms with Gasteiger partial charge in [-0.1, -0.05) is 30.3 Å². The molecule has 0 aliphatic carbocycles. The van der Waals surface area contributed by atoms with E-state index in [0.717, 1.165) is 5.56 Å². The van der Waals surface area contributed by atoms with Gasteiger partial charge in [0.25, 0.3) is 5.91 Å². The molecule has 2 aliphatic heterocycles. The van der Waals surface area contributed by atoms with E-state index in [9.17, 15) is 14.4 Å². The van der Waals surface area contributed by atoms with Crippen molar-refractivity contribution in [3.63, 3.8) is 0 Å². The predicted octanol–water partition coefficient (Wildman–Crippen LogP) is 2.64. The summed E-state index contributed by atoms with van der Waals surface area (Å²) in [4.78, 5) is 44.2. The molecule has 2 saturated heterocycles. The van der Waals surface area contributed by atoms with E-state index in [4.69, 9.17) is 9.47 Å². The van der Waals surface area contributed by atoms with Crippen molar-refractivity contribution in [2.45, 2.75) is 19.3 Å². The molecular weight excluding hydrogens is 446 g/mol. The lowest BCUT2D eigenvalue weighted by Crippen LogP contribution is -2.54. The number of carbonyl (C=O) groups excluding carboxylic acids is 3. The number of amides is 3. The van der Waals surface area contributed by atoms with Crippen LogP contribution in [-0.4, -0.2) is 85.9 Å². The van der Waals surface area contributed by atoms with E-state index in [1.807, 2.05) is 23.1 Å². The largest absolute Gasteiger partial charge is 0.493 e. The maximum atomic E-state index is 13.6. The first-order valence-corrected chi connectivity index (χ1v) is 12.0. The third-order valence-corrected chi connectivity index (χ3v) is 7.03. The normalized spacial score (nSPS) is 20.4. The first-order chi connectivity index (χ1) is 16.9. The van der Waals surface area contributed by atoms with Crippen LogP contribution in [0.2, 0.25) is 0 Å². The second-order valence-electron chi connectivity index (χ2n) is 9.15. The molecule has 0 spiro atoms. The predicted molar refractivity (Wildman–Crippen MR) is 132 cm³/mol. The highest BCUT2D eigenvalue weighted by molar-refractivity contribution is 5.95. The van der Waals surface area contributed by atoms with E-state index >= 15 is 0 Å². The molecule has 8 nitrogen and oxygen atoms in total. The quantitative estimate of drug-likeness (QED) is 0.659. The molecule has 0 N–H and O–H groups in total. The number of piperidine rings is 1. The van der Waals surface area contributed by atoms with Gasteiger partial charge in [-0.25, -0.2) is 0 Å². The van der Waals surface area contributed by atoms with Gasteiger partial charge >= 0.3 is 0 Å². The SMILES string of the molecule is COc1ccc(C(=O)N2C[C@@H](C(=O)N3CCN(C(C)=O)CC3)C[C@@H](c3ccccc3)C2)cc1OC. The Kier molecular flexibility index (Phi) is 7.58. The van der Waals surface area contributed by atoms with Crippen LogP contribution in [0.15, 0.2) is 48.5 Å². The fourth-order valence-electron chi connectivity index (χ4n) is 5.06. The molecule has 4 rings (SSSR count). The molecule has 0 radical (unpaired) electrons. The van der Waals surface area contributed by atoms with Crippen LogP contribution in [0.4, 0.5) is 0 Å². The summed E-state index contributed by atoms with van der Waals surface area (Å²) < 4.78 is 10.7. The van der Waals surface area contributed by atoms with Gasteiger partial charge in [0.15, 0.2) is 11.5 Å². The first-order valence-electron chi connectivity index (χ1n) is 12.0. The number of hydrogen-bond donors (Lipinski definition) is 0. The number of methoxy groups -OCH3 is 2. The van der Waals surface area contributed by atoms with Crippen LogP contribution in [0.3, 0.4) is 0 Å². The number of nitrogens with zero attached hydrogens (tertiary/aromatic N) is 3. The zero-order valence-corrected chi connectivity index (χ0v) is 20.6. The lowest BCUT2D eigenvalue weighted by Gasteiger charge is -2.41. The van der Waals surface area contributed by atoms with Gasteiger partial charge in [-0.05, 0) is 30.2 Å². The van der Waals surface area contributed by atoms with Crippen molar-refractivity contribution in [3.8, 4) is 11.5 Å². The van der Waals surface area contributed by atoms with E-state index in [1.165, 1.54) is 0 Å². The first kappa shape index (κ1) is 24.6.